The van der Waals surface area contributed by atoms with Gasteiger partial charge < -0.3 is 10.1 Å². The van der Waals surface area contributed by atoms with Crippen LogP contribution < -0.4 is 10.1 Å². The first-order valence-electron chi connectivity index (χ1n) is 7.47. The Kier molecular flexibility index (Phi) is 5.94. The number of hydrogen-bond donors (Lipinski definition) is 1. The van der Waals surface area contributed by atoms with Gasteiger partial charge in [-0.3, -0.25) is 0 Å². The molecule has 0 unspecified atom stereocenters. The number of nitrogens with one attached hydrogen (secondary N) is 1. The molecule has 0 amide bonds. The highest BCUT2D eigenvalue weighted by Gasteiger charge is 2.04. The molecule has 2 nitrogen and oxygen atoms in total. The third-order valence-electron chi connectivity index (χ3n) is 3.34. The van der Waals surface area contributed by atoms with Crippen molar-refractivity contribution in [1.82, 2.24) is 0 Å². The predicted molar refractivity (Wildman–Crippen MR) is 90.4 cm³/mol. The second-order valence-electron chi connectivity index (χ2n) is 4.98. The van der Waals surface area contributed by atoms with Gasteiger partial charge in [-0.2, -0.15) is 0 Å². The Morgan fingerprint density at radius 1 is 1.10 bits per heavy atom. The lowest BCUT2D eigenvalue weighted by Gasteiger charge is -2.12. The van der Waals surface area contributed by atoms with Crippen molar-refractivity contribution in [2.45, 2.75) is 33.2 Å². The van der Waals surface area contributed by atoms with Crippen LogP contribution in [0.2, 0.25) is 5.02 Å². The van der Waals surface area contributed by atoms with Gasteiger partial charge in [-0.15, -0.1) is 0 Å². The third-order valence-corrected chi connectivity index (χ3v) is 3.63. The smallest absolute Gasteiger partial charge is 0.137 e. The standard InChI is InChI=1S/C18H22ClNO/c1-3-11-21-18-10-9-14(12-16(18)19)13-20-17-8-6-5-7-15(17)4-2/h5-10,12,20H,3-4,11,13H2,1-2H3. The first-order valence-corrected chi connectivity index (χ1v) is 7.85. The van der Waals surface area contributed by atoms with Crippen molar-refractivity contribution < 1.29 is 4.74 Å². The Labute approximate surface area is 132 Å². The van der Waals surface area contributed by atoms with Crippen LogP contribution in [-0.4, -0.2) is 6.61 Å². The average molecular weight is 304 g/mol. The van der Waals surface area contributed by atoms with E-state index in [1.807, 2.05) is 12.1 Å². The van der Waals surface area contributed by atoms with E-state index >= 15 is 0 Å². The van der Waals surface area contributed by atoms with Crippen LogP contribution in [0, 0.1) is 0 Å². The normalized spacial score (nSPS) is 10.4. The minimum atomic E-state index is 0.673. The monoisotopic (exact) mass is 303 g/mol. The second kappa shape index (κ2) is 7.94. The number of anilines is 1. The van der Waals surface area contributed by atoms with Crippen molar-refractivity contribution in [3.8, 4) is 5.75 Å². The van der Waals surface area contributed by atoms with E-state index in [2.05, 4.69) is 49.5 Å². The van der Waals surface area contributed by atoms with Crippen LogP contribution in [0.25, 0.3) is 0 Å². The van der Waals surface area contributed by atoms with E-state index in [1.165, 1.54) is 11.3 Å². The minimum Gasteiger partial charge on any atom is -0.492 e. The van der Waals surface area contributed by atoms with Crippen molar-refractivity contribution in [1.29, 1.82) is 0 Å². The van der Waals surface area contributed by atoms with Gasteiger partial charge in [-0.25, -0.2) is 0 Å². The molecule has 21 heavy (non-hydrogen) atoms. The van der Waals surface area contributed by atoms with E-state index in [-0.39, 0.29) is 0 Å². The molecule has 2 aromatic rings. The van der Waals surface area contributed by atoms with E-state index in [4.69, 9.17) is 16.3 Å². The molecular weight excluding hydrogens is 282 g/mol. The zero-order chi connectivity index (χ0) is 15.1. The Balaban J connectivity index is 2.02. The molecule has 112 valence electrons. The van der Waals surface area contributed by atoms with Crippen LogP contribution in [0.4, 0.5) is 5.69 Å². The van der Waals surface area contributed by atoms with Gasteiger partial charge in [0.1, 0.15) is 5.75 Å². The fourth-order valence-electron chi connectivity index (χ4n) is 2.18. The van der Waals surface area contributed by atoms with E-state index in [1.54, 1.807) is 0 Å². The highest BCUT2D eigenvalue weighted by atomic mass is 35.5. The van der Waals surface area contributed by atoms with Crippen LogP contribution in [0.3, 0.4) is 0 Å². The zero-order valence-corrected chi connectivity index (χ0v) is 13.4. The van der Waals surface area contributed by atoms with Gasteiger partial charge in [-0.05, 0) is 42.2 Å². The van der Waals surface area contributed by atoms with Crippen molar-refractivity contribution in [3.63, 3.8) is 0 Å². The summed E-state index contributed by atoms with van der Waals surface area (Å²) in [6.07, 6.45) is 2.00. The summed E-state index contributed by atoms with van der Waals surface area (Å²) < 4.78 is 5.59. The van der Waals surface area contributed by atoms with Crippen LogP contribution >= 0.6 is 11.6 Å². The number of para-hydroxylation sites is 1. The summed E-state index contributed by atoms with van der Waals surface area (Å²) in [7, 11) is 0. The molecule has 2 aromatic carbocycles. The fourth-order valence-corrected chi connectivity index (χ4v) is 2.44. The molecule has 0 saturated heterocycles. The van der Waals surface area contributed by atoms with Crippen molar-refractivity contribution in [3.05, 3.63) is 58.6 Å². The summed E-state index contributed by atoms with van der Waals surface area (Å²) in [5, 5.41) is 4.14. The lowest BCUT2D eigenvalue weighted by Crippen LogP contribution is -2.02. The summed E-state index contributed by atoms with van der Waals surface area (Å²) >= 11 is 6.25. The van der Waals surface area contributed by atoms with Crippen molar-refractivity contribution in [2.75, 3.05) is 11.9 Å². The molecule has 0 aromatic heterocycles. The topological polar surface area (TPSA) is 21.3 Å². The molecule has 0 atom stereocenters. The number of hydrogen-bond acceptors (Lipinski definition) is 2. The van der Waals surface area contributed by atoms with E-state index in [0.717, 1.165) is 30.7 Å². The maximum absolute atomic E-state index is 6.25. The molecule has 0 aliphatic heterocycles. The van der Waals surface area contributed by atoms with Crippen molar-refractivity contribution in [2.24, 2.45) is 0 Å². The number of ether oxygens (including phenoxy) is 1. The predicted octanol–water partition coefficient (Wildman–Crippen LogP) is 5.30. The van der Waals surface area contributed by atoms with Gasteiger partial charge >= 0.3 is 0 Å². The van der Waals surface area contributed by atoms with Gasteiger partial charge in [0, 0.05) is 12.2 Å². The number of benzene rings is 2. The van der Waals surface area contributed by atoms with Gasteiger partial charge in [-0.1, -0.05) is 49.7 Å². The third kappa shape index (κ3) is 4.40. The van der Waals surface area contributed by atoms with Crippen LogP contribution in [0.15, 0.2) is 42.5 Å². The SMILES string of the molecule is CCCOc1ccc(CNc2ccccc2CC)cc1Cl. The lowest BCUT2D eigenvalue weighted by atomic mass is 10.1. The molecule has 0 fully saturated rings. The highest BCUT2D eigenvalue weighted by Crippen LogP contribution is 2.26. The summed E-state index contributed by atoms with van der Waals surface area (Å²) in [5.74, 6) is 0.760. The quantitative estimate of drug-likeness (QED) is 0.749. The molecule has 0 spiro atoms. The Morgan fingerprint density at radius 2 is 1.90 bits per heavy atom. The molecular formula is C18H22ClNO. The van der Waals surface area contributed by atoms with Gasteiger partial charge in [0.25, 0.3) is 0 Å². The van der Waals surface area contributed by atoms with Crippen molar-refractivity contribution >= 4 is 17.3 Å². The molecule has 0 radical (unpaired) electrons. The average Bonchev–Trinajstić information content (AvgIpc) is 2.52. The van der Waals surface area contributed by atoms with Crippen LogP contribution in [0.1, 0.15) is 31.4 Å². The van der Waals surface area contributed by atoms with E-state index in [9.17, 15) is 0 Å². The first kappa shape index (κ1) is 15.7. The maximum Gasteiger partial charge on any atom is 0.137 e. The van der Waals surface area contributed by atoms with Crippen LogP contribution in [-0.2, 0) is 13.0 Å². The first-order chi connectivity index (χ1) is 10.2. The summed E-state index contributed by atoms with van der Waals surface area (Å²) in [6, 6.07) is 14.3. The highest BCUT2D eigenvalue weighted by molar-refractivity contribution is 6.32. The molecule has 0 bridgehead atoms. The molecule has 1 N–H and O–H groups in total. The fraction of sp³-hybridized carbons (Fsp3) is 0.333. The number of rotatable bonds is 7. The molecule has 3 heteroatoms. The van der Waals surface area contributed by atoms with Gasteiger partial charge in [0.15, 0.2) is 0 Å². The molecule has 0 saturated carbocycles. The van der Waals surface area contributed by atoms with Crippen LogP contribution in [0.5, 0.6) is 5.75 Å². The summed E-state index contributed by atoms with van der Waals surface area (Å²) in [6.45, 7) is 5.70. The van der Waals surface area contributed by atoms with Gasteiger partial charge in [0.2, 0.25) is 0 Å². The number of aryl methyl sites for hydroxylation is 1. The van der Waals surface area contributed by atoms with E-state index < -0.39 is 0 Å². The number of halogens is 1. The second-order valence-corrected chi connectivity index (χ2v) is 5.38. The molecule has 2 rings (SSSR count). The molecule has 0 aliphatic carbocycles. The Bertz CT molecular complexity index is 583. The lowest BCUT2D eigenvalue weighted by molar-refractivity contribution is 0.317. The molecule has 0 aliphatic rings. The molecule has 0 heterocycles. The summed E-state index contributed by atoms with van der Waals surface area (Å²) in [4.78, 5) is 0. The largest absolute Gasteiger partial charge is 0.492 e. The van der Waals surface area contributed by atoms with E-state index in [0.29, 0.717) is 11.6 Å². The Hall–Kier alpha value is -1.67. The maximum atomic E-state index is 6.25. The zero-order valence-electron chi connectivity index (χ0n) is 12.7. The summed E-state index contributed by atoms with van der Waals surface area (Å²) in [5.41, 5.74) is 3.66. The minimum absolute atomic E-state index is 0.673. The Morgan fingerprint density at radius 3 is 2.62 bits per heavy atom. The van der Waals surface area contributed by atoms with Gasteiger partial charge in [0.05, 0.1) is 11.6 Å².